The smallest absolute Gasteiger partial charge is 0.229 e. The third kappa shape index (κ3) is 3.56. The van der Waals surface area contributed by atoms with Crippen LogP contribution in [0.3, 0.4) is 0 Å². The lowest BCUT2D eigenvalue weighted by molar-refractivity contribution is -0.120. The SMILES string of the molecule is Cc1[nH]nc(NC(=O)C(CN)CC(C)C)c1C. The number of aromatic nitrogens is 2. The highest BCUT2D eigenvalue weighted by Crippen LogP contribution is 2.17. The molecule has 1 rings (SSSR count). The number of nitrogens with one attached hydrogen (secondary N) is 2. The molecule has 0 saturated heterocycles. The molecule has 0 radical (unpaired) electrons. The summed E-state index contributed by atoms with van der Waals surface area (Å²) in [6.07, 6.45) is 0.796. The van der Waals surface area contributed by atoms with Crippen LogP contribution in [0.2, 0.25) is 0 Å². The predicted molar refractivity (Wildman–Crippen MR) is 68.7 cm³/mol. The summed E-state index contributed by atoms with van der Waals surface area (Å²) < 4.78 is 0. The summed E-state index contributed by atoms with van der Waals surface area (Å²) in [4.78, 5) is 12.0. The Labute approximate surface area is 102 Å². The summed E-state index contributed by atoms with van der Waals surface area (Å²) in [5.41, 5.74) is 7.57. The number of nitrogens with zero attached hydrogens (tertiary/aromatic N) is 1. The van der Waals surface area contributed by atoms with E-state index in [9.17, 15) is 4.79 Å². The highest BCUT2D eigenvalue weighted by Gasteiger charge is 2.19. The second-order valence-electron chi connectivity index (χ2n) is 4.87. The fourth-order valence-electron chi connectivity index (χ4n) is 1.70. The molecule has 0 fully saturated rings. The van der Waals surface area contributed by atoms with Crippen molar-refractivity contribution >= 4 is 11.7 Å². The number of nitrogens with two attached hydrogens (primary N) is 1. The first-order valence-corrected chi connectivity index (χ1v) is 5.98. The lowest BCUT2D eigenvalue weighted by Gasteiger charge is -2.16. The van der Waals surface area contributed by atoms with Crippen LogP contribution < -0.4 is 11.1 Å². The van der Waals surface area contributed by atoms with Crippen molar-refractivity contribution in [2.24, 2.45) is 17.6 Å². The molecule has 96 valence electrons. The quantitative estimate of drug-likeness (QED) is 0.728. The second-order valence-corrected chi connectivity index (χ2v) is 4.87. The van der Waals surface area contributed by atoms with E-state index in [0.29, 0.717) is 18.3 Å². The van der Waals surface area contributed by atoms with Gasteiger partial charge in [-0.05, 0) is 26.2 Å². The first-order chi connectivity index (χ1) is 7.95. The number of carbonyl (C=O) groups excluding carboxylic acids is 1. The zero-order valence-electron chi connectivity index (χ0n) is 11.0. The van der Waals surface area contributed by atoms with Gasteiger partial charge in [0.25, 0.3) is 0 Å². The topological polar surface area (TPSA) is 83.8 Å². The van der Waals surface area contributed by atoms with Gasteiger partial charge in [-0.1, -0.05) is 13.8 Å². The van der Waals surface area contributed by atoms with E-state index >= 15 is 0 Å². The number of aryl methyl sites for hydroxylation is 1. The molecule has 5 heteroatoms. The number of hydrogen-bond donors (Lipinski definition) is 3. The first kappa shape index (κ1) is 13.7. The molecule has 0 bridgehead atoms. The van der Waals surface area contributed by atoms with E-state index < -0.39 is 0 Å². The molecule has 0 spiro atoms. The van der Waals surface area contributed by atoms with Gasteiger partial charge < -0.3 is 11.1 Å². The Kier molecular flexibility index (Phi) is 4.69. The van der Waals surface area contributed by atoms with Crippen molar-refractivity contribution in [1.29, 1.82) is 0 Å². The van der Waals surface area contributed by atoms with Gasteiger partial charge in [-0.25, -0.2) is 0 Å². The molecule has 0 aliphatic heterocycles. The molecule has 0 aliphatic rings. The number of aromatic amines is 1. The van der Waals surface area contributed by atoms with Crippen LogP contribution in [-0.4, -0.2) is 22.6 Å². The van der Waals surface area contributed by atoms with Gasteiger partial charge in [-0.2, -0.15) is 5.10 Å². The van der Waals surface area contributed by atoms with E-state index in [2.05, 4.69) is 29.4 Å². The lowest BCUT2D eigenvalue weighted by Crippen LogP contribution is -2.30. The molecule has 17 heavy (non-hydrogen) atoms. The molecule has 1 aromatic heterocycles. The molecule has 1 aromatic rings. The molecule has 4 N–H and O–H groups in total. The predicted octanol–water partition coefficient (Wildman–Crippen LogP) is 1.59. The average Bonchev–Trinajstić information content (AvgIpc) is 2.57. The summed E-state index contributed by atoms with van der Waals surface area (Å²) in [6, 6.07) is 0. The maximum atomic E-state index is 12.0. The van der Waals surface area contributed by atoms with Crippen LogP contribution >= 0.6 is 0 Å². The average molecular weight is 238 g/mol. The normalized spacial score (nSPS) is 12.8. The molecule has 0 aliphatic carbocycles. The Morgan fingerprint density at radius 1 is 1.47 bits per heavy atom. The van der Waals surface area contributed by atoms with Gasteiger partial charge in [0.15, 0.2) is 5.82 Å². The molecule has 1 amide bonds. The van der Waals surface area contributed by atoms with Crippen molar-refractivity contribution in [1.82, 2.24) is 10.2 Å². The highest BCUT2D eigenvalue weighted by atomic mass is 16.2. The minimum atomic E-state index is -0.147. The van der Waals surface area contributed by atoms with E-state index in [0.717, 1.165) is 17.7 Å². The van der Waals surface area contributed by atoms with Crippen molar-refractivity contribution in [3.05, 3.63) is 11.3 Å². The van der Waals surface area contributed by atoms with E-state index in [-0.39, 0.29) is 11.8 Å². The molecular formula is C12H22N4O. The van der Waals surface area contributed by atoms with Gasteiger partial charge in [0.2, 0.25) is 5.91 Å². The van der Waals surface area contributed by atoms with Crippen LogP contribution in [-0.2, 0) is 4.79 Å². The number of carbonyl (C=O) groups is 1. The third-order valence-corrected chi connectivity index (χ3v) is 2.91. The maximum Gasteiger partial charge on any atom is 0.229 e. The fourth-order valence-corrected chi connectivity index (χ4v) is 1.70. The summed E-state index contributed by atoms with van der Waals surface area (Å²) in [5.74, 6) is 0.869. The van der Waals surface area contributed by atoms with Gasteiger partial charge in [-0.3, -0.25) is 9.89 Å². The van der Waals surface area contributed by atoms with Crippen molar-refractivity contribution in [2.45, 2.75) is 34.1 Å². The maximum absolute atomic E-state index is 12.0. The summed E-state index contributed by atoms with van der Waals surface area (Å²) in [6.45, 7) is 8.38. The van der Waals surface area contributed by atoms with Crippen molar-refractivity contribution < 1.29 is 4.79 Å². The molecule has 5 nitrogen and oxygen atoms in total. The van der Waals surface area contributed by atoms with Crippen LogP contribution in [0.4, 0.5) is 5.82 Å². The monoisotopic (exact) mass is 238 g/mol. The van der Waals surface area contributed by atoms with E-state index in [4.69, 9.17) is 5.73 Å². The minimum absolute atomic E-state index is 0.0456. The number of H-pyrrole nitrogens is 1. The molecule has 1 atom stereocenters. The molecule has 0 saturated carbocycles. The third-order valence-electron chi connectivity index (χ3n) is 2.91. The van der Waals surface area contributed by atoms with Crippen molar-refractivity contribution in [2.75, 3.05) is 11.9 Å². The van der Waals surface area contributed by atoms with Gasteiger partial charge in [0, 0.05) is 17.8 Å². The molecule has 1 unspecified atom stereocenters. The fraction of sp³-hybridized carbons (Fsp3) is 0.667. The Hall–Kier alpha value is -1.36. The summed E-state index contributed by atoms with van der Waals surface area (Å²) >= 11 is 0. The summed E-state index contributed by atoms with van der Waals surface area (Å²) in [7, 11) is 0. The number of hydrogen-bond acceptors (Lipinski definition) is 3. The first-order valence-electron chi connectivity index (χ1n) is 5.98. The molecule has 0 aromatic carbocycles. The molecular weight excluding hydrogens is 216 g/mol. The van der Waals surface area contributed by atoms with E-state index in [1.165, 1.54) is 0 Å². The highest BCUT2D eigenvalue weighted by molar-refractivity contribution is 5.92. The van der Waals surface area contributed by atoms with E-state index in [1.807, 2.05) is 13.8 Å². The lowest BCUT2D eigenvalue weighted by atomic mass is 9.96. The molecule has 1 heterocycles. The van der Waals surface area contributed by atoms with Gasteiger partial charge in [0.1, 0.15) is 0 Å². The van der Waals surface area contributed by atoms with E-state index in [1.54, 1.807) is 0 Å². The second kappa shape index (κ2) is 5.82. The summed E-state index contributed by atoms with van der Waals surface area (Å²) in [5, 5.41) is 9.72. The Bertz CT molecular complexity index is 384. The van der Waals surface area contributed by atoms with Crippen LogP contribution in [0.5, 0.6) is 0 Å². The number of rotatable bonds is 5. The van der Waals surface area contributed by atoms with Crippen molar-refractivity contribution in [3.8, 4) is 0 Å². The Balaban J connectivity index is 2.67. The Morgan fingerprint density at radius 3 is 2.53 bits per heavy atom. The van der Waals surface area contributed by atoms with Crippen LogP contribution in [0.1, 0.15) is 31.5 Å². The van der Waals surface area contributed by atoms with Crippen LogP contribution in [0.15, 0.2) is 0 Å². The van der Waals surface area contributed by atoms with Gasteiger partial charge >= 0.3 is 0 Å². The standard InChI is InChI=1S/C12H22N4O/c1-7(2)5-10(6-13)12(17)14-11-8(3)9(4)15-16-11/h7,10H,5-6,13H2,1-4H3,(H2,14,15,16,17). The van der Waals surface area contributed by atoms with Gasteiger partial charge in [-0.15, -0.1) is 0 Å². The van der Waals surface area contributed by atoms with Crippen LogP contribution in [0, 0.1) is 25.7 Å². The van der Waals surface area contributed by atoms with Gasteiger partial charge in [0.05, 0.1) is 5.92 Å². The number of anilines is 1. The van der Waals surface area contributed by atoms with Crippen LogP contribution in [0.25, 0.3) is 0 Å². The minimum Gasteiger partial charge on any atom is -0.330 e. The zero-order chi connectivity index (χ0) is 13.0. The largest absolute Gasteiger partial charge is 0.330 e. The van der Waals surface area contributed by atoms with Crippen molar-refractivity contribution in [3.63, 3.8) is 0 Å². The Morgan fingerprint density at radius 2 is 2.12 bits per heavy atom. The zero-order valence-corrected chi connectivity index (χ0v) is 11.0. The number of amides is 1.